The van der Waals surface area contributed by atoms with Crippen molar-refractivity contribution in [2.45, 2.75) is 26.9 Å². The van der Waals surface area contributed by atoms with Crippen molar-refractivity contribution < 1.29 is 19.1 Å². The third-order valence-electron chi connectivity index (χ3n) is 4.26. The second kappa shape index (κ2) is 11.0. The Bertz CT molecular complexity index is 1220. The molecule has 162 valence electrons. The first-order chi connectivity index (χ1) is 14.9. The number of hydrogen-bond acceptors (Lipinski definition) is 6. The summed E-state index contributed by atoms with van der Waals surface area (Å²) < 4.78 is 12.2. The Labute approximate surface area is 184 Å². The topological polar surface area (TPSA) is 92.4 Å². The maximum atomic E-state index is 12.5. The van der Waals surface area contributed by atoms with Crippen LogP contribution in [0, 0.1) is 18.8 Å². The predicted octanol–water partition coefficient (Wildman–Crippen LogP) is 2.86. The summed E-state index contributed by atoms with van der Waals surface area (Å²) in [5.74, 6) is 5.70. The van der Waals surface area contributed by atoms with Crippen molar-refractivity contribution in [2.75, 3.05) is 14.2 Å². The van der Waals surface area contributed by atoms with E-state index in [1.165, 1.54) is 23.6 Å². The molecular weight excluding hydrogens is 422 g/mol. The fraction of sp³-hybridized carbons (Fsp3) is 0.273. The lowest BCUT2D eigenvalue weighted by atomic mass is 10.2. The highest BCUT2D eigenvalue weighted by atomic mass is 35.5. The van der Waals surface area contributed by atoms with Crippen LogP contribution >= 0.6 is 11.6 Å². The molecule has 0 amide bonds. The van der Waals surface area contributed by atoms with E-state index in [1.54, 1.807) is 14.0 Å². The van der Waals surface area contributed by atoms with Crippen LogP contribution in [0.1, 0.15) is 22.8 Å². The van der Waals surface area contributed by atoms with Gasteiger partial charge in [0.15, 0.2) is 0 Å². The van der Waals surface area contributed by atoms with Gasteiger partial charge in [-0.1, -0.05) is 29.7 Å². The number of carbonyl (C=O) groups excluding carboxylic acids is 2. The lowest BCUT2D eigenvalue weighted by Crippen LogP contribution is -2.23. The summed E-state index contributed by atoms with van der Waals surface area (Å²) in [4.78, 5) is 39.1. The standard InChI is InChI=1S/C14H12ClN3O4.C8H10O/c1-3-4-5-18-11-10(9(12(18)15)14(21)22-2)16-8-17(6-7-19)13(11)20;1-7-4-3-5-8(6-7)9-2/h7-8H,5-6H2,1-2H3;3-6H,1-2H3. The number of fused-ring (bicyclic) bond motifs is 1. The molecular formula is C22H22ClN3O5. The number of carbonyl (C=O) groups is 2. The summed E-state index contributed by atoms with van der Waals surface area (Å²) in [7, 11) is 2.88. The molecule has 0 saturated carbocycles. The minimum Gasteiger partial charge on any atom is -0.497 e. The van der Waals surface area contributed by atoms with Gasteiger partial charge in [0.1, 0.15) is 33.8 Å². The van der Waals surface area contributed by atoms with E-state index in [2.05, 4.69) is 21.6 Å². The molecule has 0 unspecified atom stereocenters. The first kappa shape index (κ1) is 23.7. The van der Waals surface area contributed by atoms with Gasteiger partial charge in [-0.3, -0.25) is 9.36 Å². The van der Waals surface area contributed by atoms with Gasteiger partial charge in [0, 0.05) is 0 Å². The fourth-order valence-corrected chi connectivity index (χ4v) is 3.09. The van der Waals surface area contributed by atoms with Crippen molar-refractivity contribution in [3.63, 3.8) is 0 Å². The Morgan fingerprint density at radius 2 is 2.06 bits per heavy atom. The zero-order valence-electron chi connectivity index (χ0n) is 17.6. The first-order valence-electron chi connectivity index (χ1n) is 9.18. The maximum Gasteiger partial charge on any atom is 0.343 e. The molecule has 31 heavy (non-hydrogen) atoms. The summed E-state index contributed by atoms with van der Waals surface area (Å²) >= 11 is 6.20. The van der Waals surface area contributed by atoms with Crippen LogP contribution in [0.5, 0.6) is 5.75 Å². The number of ether oxygens (including phenoxy) is 2. The molecule has 0 radical (unpaired) electrons. The number of aryl methyl sites for hydroxylation is 1. The first-order valence-corrected chi connectivity index (χ1v) is 9.56. The zero-order chi connectivity index (χ0) is 23.0. The van der Waals surface area contributed by atoms with Gasteiger partial charge in [-0.15, -0.1) is 5.92 Å². The fourth-order valence-electron chi connectivity index (χ4n) is 2.78. The van der Waals surface area contributed by atoms with E-state index < -0.39 is 11.5 Å². The number of rotatable bonds is 5. The van der Waals surface area contributed by atoms with E-state index in [1.807, 2.05) is 31.2 Å². The highest BCUT2D eigenvalue weighted by Crippen LogP contribution is 2.27. The second-order valence-corrected chi connectivity index (χ2v) is 6.61. The van der Waals surface area contributed by atoms with Crippen molar-refractivity contribution in [2.24, 2.45) is 0 Å². The average molecular weight is 444 g/mol. The summed E-state index contributed by atoms with van der Waals surface area (Å²) in [6.45, 7) is 3.66. The highest BCUT2D eigenvalue weighted by Gasteiger charge is 2.25. The summed E-state index contributed by atoms with van der Waals surface area (Å²) in [6, 6.07) is 7.96. The lowest BCUT2D eigenvalue weighted by Gasteiger charge is -2.03. The summed E-state index contributed by atoms with van der Waals surface area (Å²) in [5, 5.41) is 0.0260. The van der Waals surface area contributed by atoms with Crippen molar-refractivity contribution >= 4 is 34.9 Å². The van der Waals surface area contributed by atoms with E-state index in [0.717, 1.165) is 10.3 Å². The molecule has 2 aromatic heterocycles. The van der Waals surface area contributed by atoms with Crippen LogP contribution in [0.2, 0.25) is 5.15 Å². The molecule has 8 nitrogen and oxygen atoms in total. The second-order valence-electron chi connectivity index (χ2n) is 6.26. The average Bonchev–Trinajstić information content (AvgIpc) is 3.06. The maximum absolute atomic E-state index is 12.5. The third kappa shape index (κ3) is 5.32. The molecule has 0 fully saturated rings. The SMILES string of the molecule is CC#CCn1c(Cl)c(C(=O)OC)c2ncn(CC=O)c(=O)c21.COc1cccc(C)c1. The zero-order valence-corrected chi connectivity index (χ0v) is 18.4. The van der Waals surface area contributed by atoms with E-state index in [-0.39, 0.29) is 34.8 Å². The molecule has 0 N–H and O–H groups in total. The van der Waals surface area contributed by atoms with Crippen LogP contribution < -0.4 is 10.3 Å². The summed E-state index contributed by atoms with van der Waals surface area (Å²) in [6.07, 6.45) is 1.77. The molecule has 1 aromatic carbocycles. The predicted molar refractivity (Wildman–Crippen MR) is 118 cm³/mol. The van der Waals surface area contributed by atoms with Crippen molar-refractivity contribution in [1.82, 2.24) is 14.1 Å². The number of aromatic nitrogens is 3. The number of methoxy groups -OCH3 is 2. The molecule has 0 spiro atoms. The molecule has 0 saturated heterocycles. The van der Waals surface area contributed by atoms with Gasteiger partial charge in [-0.2, -0.15) is 0 Å². The number of benzene rings is 1. The number of aldehydes is 1. The molecule has 0 aliphatic heterocycles. The van der Waals surface area contributed by atoms with Crippen LogP contribution in [0.3, 0.4) is 0 Å². The Balaban J connectivity index is 0.000000316. The highest BCUT2D eigenvalue weighted by molar-refractivity contribution is 6.35. The van der Waals surface area contributed by atoms with Gasteiger partial charge < -0.3 is 18.8 Å². The normalized spacial score (nSPS) is 9.84. The Morgan fingerprint density at radius 3 is 2.61 bits per heavy atom. The van der Waals surface area contributed by atoms with Gasteiger partial charge in [-0.05, 0) is 31.5 Å². The van der Waals surface area contributed by atoms with Crippen LogP contribution in [0.25, 0.3) is 11.0 Å². The third-order valence-corrected chi connectivity index (χ3v) is 4.66. The molecule has 0 aliphatic carbocycles. The molecule has 0 aliphatic rings. The summed E-state index contributed by atoms with van der Waals surface area (Å²) in [5.41, 5.74) is 0.994. The Morgan fingerprint density at radius 1 is 1.32 bits per heavy atom. The Hall–Kier alpha value is -3.57. The Kier molecular flexibility index (Phi) is 8.41. The molecule has 3 rings (SSSR count). The van der Waals surface area contributed by atoms with Gasteiger partial charge in [0.2, 0.25) is 0 Å². The van der Waals surface area contributed by atoms with Crippen molar-refractivity contribution in [1.29, 1.82) is 0 Å². The van der Waals surface area contributed by atoms with Crippen LogP contribution in [-0.4, -0.2) is 40.6 Å². The van der Waals surface area contributed by atoms with E-state index in [4.69, 9.17) is 16.3 Å². The molecule has 3 aromatic rings. The van der Waals surface area contributed by atoms with E-state index in [0.29, 0.717) is 6.29 Å². The molecule has 9 heteroatoms. The largest absolute Gasteiger partial charge is 0.497 e. The van der Waals surface area contributed by atoms with Gasteiger partial charge in [0.05, 0.1) is 33.6 Å². The number of hydrogen-bond donors (Lipinski definition) is 0. The van der Waals surface area contributed by atoms with Gasteiger partial charge >= 0.3 is 5.97 Å². The van der Waals surface area contributed by atoms with E-state index >= 15 is 0 Å². The van der Waals surface area contributed by atoms with Crippen LogP contribution in [0.4, 0.5) is 0 Å². The number of halogens is 1. The smallest absolute Gasteiger partial charge is 0.343 e. The van der Waals surface area contributed by atoms with Crippen molar-refractivity contribution in [3.05, 3.63) is 57.2 Å². The van der Waals surface area contributed by atoms with Gasteiger partial charge in [0.25, 0.3) is 5.56 Å². The quantitative estimate of drug-likeness (QED) is 0.342. The van der Waals surface area contributed by atoms with Crippen LogP contribution in [0.15, 0.2) is 35.4 Å². The molecule has 0 bridgehead atoms. The van der Waals surface area contributed by atoms with Crippen LogP contribution in [-0.2, 0) is 22.6 Å². The van der Waals surface area contributed by atoms with Crippen molar-refractivity contribution in [3.8, 4) is 17.6 Å². The monoisotopic (exact) mass is 443 g/mol. The minimum atomic E-state index is -0.696. The van der Waals surface area contributed by atoms with E-state index in [9.17, 15) is 14.4 Å². The number of esters is 1. The number of nitrogens with zero attached hydrogens (tertiary/aromatic N) is 3. The molecule has 2 heterocycles. The van der Waals surface area contributed by atoms with Gasteiger partial charge in [-0.25, -0.2) is 9.78 Å². The lowest BCUT2D eigenvalue weighted by molar-refractivity contribution is -0.108. The minimum absolute atomic E-state index is 0.00687. The molecule has 0 atom stereocenters.